The Labute approximate surface area is 91.8 Å². The van der Waals surface area contributed by atoms with Gasteiger partial charge in [-0.25, -0.2) is 8.78 Å². The number of halogens is 2. The van der Waals surface area contributed by atoms with Crippen molar-refractivity contribution < 1.29 is 8.78 Å². The average Bonchev–Trinajstić information content (AvgIpc) is 2.25. The summed E-state index contributed by atoms with van der Waals surface area (Å²) in [5, 5.41) is 0. The summed E-state index contributed by atoms with van der Waals surface area (Å²) >= 11 is 0. The highest BCUT2D eigenvalue weighted by molar-refractivity contribution is 4.81. The Hall–Kier alpha value is -0.180. The molecule has 0 aromatic rings. The fraction of sp³-hybridized carbons (Fsp3) is 1.00. The predicted octanol–water partition coefficient (Wildman–Crippen LogP) is 3.54. The highest BCUT2D eigenvalue weighted by Gasteiger charge is 2.31. The number of likely N-dealkylation sites (tertiary alicyclic amines) is 1. The van der Waals surface area contributed by atoms with Crippen molar-refractivity contribution in [2.24, 2.45) is 5.41 Å². The van der Waals surface area contributed by atoms with E-state index in [1.165, 1.54) is 0 Å². The third kappa shape index (κ3) is 4.06. The number of hydrogen-bond donors (Lipinski definition) is 0. The smallest absolute Gasteiger partial charge is 0.239 e. The van der Waals surface area contributed by atoms with Crippen LogP contribution in [-0.4, -0.2) is 30.5 Å². The molecule has 1 fully saturated rings. The Morgan fingerprint density at radius 1 is 1.20 bits per heavy atom. The molecule has 0 amide bonds. The van der Waals surface area contributed by atoms with Gasteiger partial charge in [0.2, 0.25) is 6.43 Å². The minimum atomic E-state index is -2.15. The molecule has 0 spiro atoms. The van der Waals surface area contributed by atoms with Crippen molar-refractivity contribution in [1.82, 2.24) is 4.90 Å². The standard InChI is InChI=1S/C12H23F2N/c1-10(2)15-7-4-5-12(3,6-8-15)9-11(13)14/h10-11H,4-9H2,1-3H3/t12-/m0/s1. The van der Waals surface area contributed by atoms with Gasteiger partial charge in [0.1, 0.15) is 0 Å². The van der Waals surface area contributed by atoms with Gasteiger partial charge in [-0.05, 0) is 51.6 Å². The molecule has 1 aliphatic rings. The van der Waals surface area contributed by atoms with E-state index in [0.717, 1.165) is 32.4 Å². The van der Waals surface area contributed by atoms with Gasteiger partial charge in [-0.2, -0.15) is 0 Å². The van der Waals surface area contributed by atoms with Gasteiger partial charge < -0.3 is 4.90 Å². The van der Waals surface area contributed by atoms with Crippen LogP contribution in [0.3, 0.4) is 0 Å². The molecule has 15 heavy (non-hydrogen) atoms. The van der Waals surface area contributed by atoms with Gasteiger partial charge in [0.25, 0.3) is 0 Å². The monoisotopic (exact) mass is 219 g/mol. The summed E-state index contributed by atoms with van der Waals surface area (Å²) < 4.78 is 24.9. The summed E-state index contributed by atoms with van der Waals surface area (Å²) in [5.41, 5.74) is -0.141. The molecule has 1 nitrogen and oxygen atoms in total. The van der Waals surface area contributed by atoms with Gasteiger partial charge in [-0.1, -0.05) is 6.92 Å². The molecule has 1 atom stereocenters. The summed E-state index contributed by atoms with van der Waals surface area (Å²) in [5.74, 6) is 0. The second-order valence-corrected chi connectivity index (χ2v) is 5.39. The first-order chi connectivity index (χ1) is 6.93. The Morgan fingerprint density at radius 3 is 2.40 bits per heavy atom. The molecule has 0 radical (unpaired) electrons. The molecule has 3 heteroatoms. The van der Waals surface area contributed by atoms with Crippen molar-refractivity contribution in [1.29, 1.82) is 0 Å². The highest BCUT2D eigenvalue weighted by atomic mass is 19.3. The van der Waals surface area contributed by atoms with Crippen molar-refractivity contribution in [2.75, 3.05) is 13.1 Å². The van der Waals surface area contributed by atoms with Crippen LogP contribution in [-0.2, 0) is 0 Å². The second-order valence-electron chi connectivity index (χ2n) is 5.39. The number of alkyl halides is 2. The fourth-order valence-electron chi connectivity index (χ4n) is 2.45. The van der Waals surface area contributed by atoms with Gasteiger partial charge in [-0.15, -0.1) is 0 Å². The Balaban J connectivity index is 2.51. The molecule has 0 aromatic heterocycles. The number of hydrogen-bond acceptors (Lipinski definition) is 1. The van der Waals surface area contributed by atoms with Crippen LogP contribution in [0.4, 0.5) is 8.78 Å². The van der Waals surface area contributed by atoms with Gasteiger partial charge in [0.05, 0.1) is 0 Å². The molecule has 1 aliphatic heterocycles. The molecule has 90 valence electrons. The first-order valence-corrected chi connectivity index (χ1v) is 5.95. The lowest BCUT2D eigenvalue weighted by molar-refractivity contribution is 0.0710. The highest BCUT2D eigenvalue weighted by Crippen LogP contribution is 2.36. The molecule has 1 saturated heterocycles. The quantitative estimate of drug-likeness (QED) is 0.701. The lowest BCUT2D eigenvalue weighted by Gasteiger charge is -2.28. The first-order valence-electron chi connectivity index (χ1n) is 5.95. The van der Waals surface area contributed by atoms with E-state index in [2.05, 4.69) is 18.7 Å². The molecule has 0 unspecified atom stereocenters. The number of nitrogens with zero attached hydrogens (tertiary/aromatic N) is 1. The van der Waals surface area contributed by atoms with Crippen LogP contribution in [0.5, 0.6) is 0 Å². The molecule has 1 heterocycles. The van der Waals surface area contributed by atoms with Crippen molar-refractivity contribution in [2.45, 2.75) is 58.9 Å². The largest absolute Gasteiger partial charge is 0.301 e. The predicted molar refractivity (Wildman–Crippen MR) is 59.3 cm³/mol. The van der Waals surface area contributed by atoms with Gasteiger partial charge in [-0.3, -0.25) is 0 Å². The minimum Gasteiger partial charge on any atom is -0.301 e. The first kappa shape index (κ1) is 12.9. The molecule has 0 aliphatic carbocycles. The lowest BCUT2D eigenvalue weighted by atomic mass is 9.80. The molecule has 0 saturated carbocycles. The average molecular weight is 219 g/mol. The summed E-state index contributed by atoms with van der Waals surface area (Å²) in [6, 6.07) is 0.541. The Bertz CT molecular complexity index is 194. The van der Waals surface area contributed by atoms with Crippen LogP contribution >= 0.6 is 0 Å². The van der Waals surface area contributed by atoms with Crippen LogP contribution in [0.2, 0.25) is 0 Å². The Morgan fingerprint density at radius 2 is 1.87 bits per heavy atom. The van der Waals surface area contributed by atoms with E-state index in [1.807, 2.05) is 6.92 Å². The van der Waals surface area contributed by atoms with Gasteiger partial charge >= 0.3 is 0 Å². The topological polar surface area (TPSA) is 3.24 Å². The van der Waals surface area contributed by atoms with Crippen LogP contribution in [0.15, 0.2) is 0 Å². The maximum absolute atomic E-state index is 12.4. The van der Waals surface area contributed by atoms with Crippen molar-refractivity contribution in [3.63, 3.8) is 0 Å². The van der Waals surface area contributed by atoms with Crippen LogP contribution in [0.25, 0.3) is 0 Å². The third-order valence-corrected chi connectivity index (χ3v) is 3.61. The number of rotatable bonds is 3. The molecule has 0 bridgehead atoms. The molecular weight excluding hydrogens is 196 g/mol. The van der Waals surface area contributed by atoms with E-state index in [0.29, 0.717) is 6.04 Å². The minimum absolute atomic E-state index is 0.0684. The van der Waals surface area contributed by atoms with Crippen LogP contribution in [0, 0.1) is 5.41 Å². The molecule has 0 aromatic carbocycles. The Kier molecular flexibility index (Phi) is 4.50. The van der Waals surface area contributed by atoms with E-state index in [9.17, 15) is 8.78 Å². The van der Waals surface area contributed by atoms with E-state index in [1.54, 1.807) is 0 Å². The third-order valence-electron chi connectivity index (χ3n) is 3.61. The van der Waals surface area contributed by atoms with Crippen LogP contribution in [0.1, 0.15) is 46.5 Å². The summed E-state index contributed by atoms with van der Waals surface area (Å²) in [4.78, 5) is 2.40. The van der Waals surface area contributed by atoms with Crippen molar-refractivity contribution >= 4 is 0 Å². The molecule has 1 rings (SSSR count). The summed E-state index contributed by atoms with van der Waals surface area (Å²) in [6.45, 7) is 8.41. The zero-order valence-electron chi connectivity index (χ0n) is 10.1. The van der Waals surface area contributed by atoms with Crippen LogP contribution < -0.4 is 0 Å². The van der Waals surface area contributed by atoms with E-state index < -0.39 is 6.43 Å². The zero-order valence-corrected chi connectivity index (χ0v) is 10.1. The molecule has 0 N–H and O–H groups in total. The fourth-order valence-corrected chi connectivity index (χ4v) is 2.45. The lowest BCUT2D eigenvalue weighted by Crippen LogP contribution is -2.32. The molecular formula is C12H23F2N. The SMILES string of the molecule is CC(C)N1CCC[C@](C)(CC(F)F)CC1. The van der Waals surface area contributed by atoms with E-state index in [-0.39, 0.29) is 11.8 Å². The second kappa shape index (κ2) is 5.24. The van der Waals surface area contributed by atoms with Gasteiger partial charge in [0.15, 0.2) is 0 Å². The van der Waals surface area contributed by atoms with Crippen molar-refractivity contribution in [3.8, 4) is 0 Å². The summed E-state index contributed by atoms with van der Waals surface area (Å²) in [7, 11) is 0. The normalized spacial score (nSPS) is 29.8. The summed E-state index contributed by atoms with van der Waals surface area (Å²) in [6.07, 6.45) is 0.830. The van der Waals surface area contributed by atoms with Gasteiger partial charge in [0, 0.05) is 12.5 Å². The maximum atomic E-state index is 12.4. The maximum Gasteiger partial charge on any atom is 0.239 e. The zero-order chi connectivity index (χ0) is 11.5. The van der Waals surface area contributed by atoms with E-state index >= 15 is 0 Å². The van der Waals surface area contributed by atoms with Crippen molar-refractivity contribution in [3.05, 3.63) is 0 Å². The van der Waals surface area contributed by atoms with E-state index in [4.69, 9.17) is 0 Å².